The summed E-state index contributed by atoms with van der Waals surface area (Å²) in [5, 5.41) is 28.2. The Morgan fingerprint density at radius 2 is 1.89 bits per heavy atom. The van der Waals surface area contributed by atoms with E-state index in [1.165, 1.54) is 13.0 Å². The molecule has 2 N–H and O–H groups in total. The normalized spacial score (nSPS) is 13.0. The molecule has 1 aromatic carbocycles. The molecule has 0 saturated heterocycles. The first-order valence-corrected chi connectivity index (χ1v) is 8.32. The van der Waals surface area contributed by atoms with Gasteiger partial charge in [-0.15, -0.1) is 0 Å². The second-order valence-electron chi connectivity index (χ2n) is 5.58. The number of rotatable bonds is 7. The molecule has 27 heavy (non-hydrogen) atoms. The predicted molar refractivity (Wildman–Crippen MR) is 96.5 cm³/mol. The van der Waals surface area contributed by atoms with Gasteiger partial charge >= 0.3 is 5.97 Å². The van der Waals surface area contributed by atoms with Crippen LogP contribution in [0.15, 0.2) is 35.5 Å². The second-order valence-corrected chi connectivity index (χ2v) is 6.02. The lowest BCUT2D eigenvalue weighted by Crippen LogP contribution is -2.36. The fourth-order valence-corrected chi connectivity index (χ4v) is 2.94. The van der Waals surface area contributed by atoms with Gasteiger partial charge in [0.15, 0.2) is 0 Å². The highest BCUT2D eigenvalue weighted by atomic mass is 35.5. The number of nitriles is 3. The summed E-state index contributed by atoms with van der Waals surface area (Å²) >= 11 is 6.03. The van der Waals surface area contributed by atoms with Crippen LogP contribution >= 0.6 is 11.6 Å². The summed E-state index contributed by atoms with van der Waals surface area (Å²) in [4.78, 5) is 24.7. The van der Waals surface area contributed by atoms with Gasteiger partial charge in [0.2, 0.25) is 0 Å². The van der Waals surface area contributed by atoms with Crippen LogP contribution in [0, 0.1) is 45.8 Å². The zero-order valence-corrected chi connectivity index (χ0v) is 15.5. The average Bonchev–Trinajstić information content (AvgIpc) is 2.62. The Kier molecular flexibility index (Phi) is 8.01. The van der Waals surface area contributed by atoms with Gasteiger partial charge in [0, 0.05) is 10.9 Å². The number of benzene rings is 1. The molecule has 0 saturated carbocycles. The summed E-state index contributed by atoms with van der Waals surface area (Å²) in [6.07, 6.45) is 0. The summed E-state index contributed by atoms with van der Waals surface area (Å²) in [7, 11) is 0. The highest BCUT2D eigenvalue weighted by Crippen LogP contribution is 2.38. The van der Waals surface area contributed by atoms with Crippen molar-refractivity contribution in [2.45, 2.75) is 19.8 Å². The topological polar surface area (TPSA) is 141 Å². The van der Waals surface area contributed by atoms with Gasteiger partial charge in [-0.25, -0.2) is 0 Å². The van der Waals surface area contributed by atoms with Crippen LogP contribution in [-0.4, -0.2) is 18.4 Å². The Hall–Kier alpha value is -3.34. The monoisotopic (exact) mass is 384 g/mol. The molecule has 7 nitrogen and oxygen atoms in total. The van der Waals surface area contributed by atoms with Gasteiger partial charge < -0.3 is 10.5 Å². The van der Waals surface area contributed by atoms with Gasteiger partial charge in [-0.1, -0.05) is 23.7 Å². The molecule has 0 aliphatic heterocycles. The van der Waals surface area contributed by atoms with Gasteiger partial charge in [-0.05, 0) is 31.5 Å². The van der Waals surface area contributed by atoms with Crippen molar-refractivity contribution < 1.29 is 14.3 Å². The average molecular weight is 385 g/mol. The molecule has 0 unspecified atom stereocenters. The van der Waals surface area contributed by atoms with E-state index in [4.69, 9.17) is 32.6 Å². The molecule has 0 aliphatic rings. The van der Waals surface area contributed by atoms with Crippen LogP contribution in [0.3, 0.4) is 0 Å². The van der Waals surface area contributed by atoms with E-state index in [1.54, 1.807) is 37.3 Å². The molecule has 1 aromatic rings. The Bertz CT molecular complexity index is 873. The SMILES string of the molecule is CCOC(=O)[C@@H](C(C)=O)[C@@H](c1cccc(Cl)c1)[C@@H](C#N)C(N)=C(C#N)C#N. The molecule has 0 aromatic heterocycles. The molecule has 1 rings (SSSR count). The van der Waals surface area contributed by atoms with Gasteiger partial charge in [-0.2, -0.15) is 15.8 Å². The molecule has 0 amide bonds. The van der Waals surface area contributed by atoms with E-state index in [-0.39, 0.29) is 12.3 Å². The molecule has 0 heterocycles. The number of carbonyl (C=O) groups is 2. The van der Waals surface area contributed by atoms with Gasteiger partial charge in [0.1, 0.15) is 29.4 Å². The maximum Gasteiger partial charge on any atom is 0.317 e. The van der Waals surface area contributed by atoms with E-state index in [0.29, 0.717) is 10.6 Å². The quantitative estimate of drug-likeness (QED) is 0.432. The molecular weight excluding hydrogens is 368 g/mol. The first-order valence-electron chi connectivity index (χ1n) is 7.94. The number of allylic oxidation sites excluding steroid dienone is 2. The molecule has 0 fully saturated rings. The van der Waals surface area contributed by atoms with E-state index in [1.807, 2.05) is 6.07 Å². The maximum atomic E-state index is 12.5. The standard InChI is InChI=1S/C19H17ClN4O3/c1-3-27-19(26)16(11(2)25)17(12-5-4-6-14(20)7-12)15(10-23)18(24)13(8-21)9-22/h4-7,15-17H,3,24H2,1-2H3/t15-,16+,17+/m1/s1. The van der Waals surface area contributed by atoms with Crippen LogP contribution in [0.4, 0.5) is 0 Å². The Morgan fingerprint density at radius 1 is 1.26 bits per heavy atom. The van der Waals surface area contributed by atoms with E-state index < -0.39 is 35.1 Å². The smallest absolute Gasteiger partial charge is 0.317 e. The highest BCUT2D eigenvalue weighted by molar-refractivity contribution is 6.30. The number of carbonyl (C=O) groups excluding carboxylic acids is 2. The van der Waals surface area contributed by atoms with E-state index in [0.717, 1.165) is 0 Å². The lowest BCUT2D eigenvalue weighted by atomic mass is 9.74. The minimum absolute atomic E-state index is 0.0368. The number of hydrogen-bond donors (Lipinski definition) is 1. The van der Waals surface area contributed by atoms with Gasteiger partial charge in [0.25, 0.3) is 0 Å². The molecule has 138 valence electrons. The van der Waals surface area contributed by atoms with E-state index >= 15 is 0 Å². The van der Waals surface area contributed by atoms with Crippen LogP contribution < -0.4 is 5.73 Å². The van der Waals surface area contributed by atoms with Crippen molar-refractivity contribution in [2.75, 3.05) is 6.61 Å². The maximum absolute atomic E-state index is 12.5. The van der Waals surface area contributed by atoms with Crippen LogP contribution in [0.1, 0.15) is 25.3 Å². The fraction of sp³-hybridized carbons (Fsp3) is 0.316. The first kappa shape index (κ1) is 21.7. The number of nitrogens with two attached hydrogens (primary N) is 1. The molecule has 0 spiro atoms. The van der Waals surface area contributed by atoms with Crippen molar-refractivity contribution in [2.24, 2.45) is 17.6 Å². The minimum Gasteiger partial charge on any atom is -0.465 e. The number of Topliss-reactive ketones (excluding diaryl/α,β-unsaturated/α-hetero) is 1. The molecule has 3 atom stereocenters. The molecular formula is C19H17ClN4O3. The number of ether oxygens (including phenoxy) is 1. The summed E-state index contributed by atoms with van der Waals surface area (Å²) in [5.74, 6) is -5.09. The first-order chi connectivity index (χ1) is 12.8. The number of halogens is 1. The number of ketones is 1. The molecule has 8 heteroatoms. The second kappa shape index (κ2) is 9.97. The number of nitrogens with zero attached hydrogens (tertiary/aromatic N) is 3. The third kappa shape index (κ3) is 5.07. The fourth-order valence-electron chi connectivity index (χ4n) is 2.74. The molecule has 0 aliphatic carbocycles. The lowest BCUT2D eigenvalue weighted by Gasteiger charge is -2.28. The summed E-state index contributed by atoms with van der Waals surface area (Å²) < 4.78 is 5.00. The van der Waals surface area contributed by atoms with Gasteiger partial charge in [0.05, 0.1) is 24.3 Å². The largest absolute Gasteiger partial charge is 0.465 e. The van der Waals surface area contributed by atoms with E-state index in [2.05, 4.69) is 0 Å². The molecule has 0 bridgehead atoms. The Balaban J connectivity index is 3.73. The van der Waals surface area contributed by atoms with Gasteiger partial charge in [-0.3, -0.25) is 9.59 Å². The van der Waals surface area contributed by atoms with Crippen LogP contribution in [0.5, 0.6) is 0 Å². The summed E-state index contributed by atoms with van der Waals surface area (Å²) in [5.41, 5.74) is 5.51. The third-order valence-corrected chi connectivity index (χ3v) is 4.15. The third-order valence-electron chi connectivity index (χ3n) is 3.92. The minimum atomic E-state index is -1.36. The van der Waals surface area contributed by atoms with Crippen molar-refractivity contribution >= 4 is 23.4 Å². The zero-order chi connectivity index (χ0) is 20.6. The summed E-state index contributed by atoms with van der Waals surface area (Å²) in [6.45, 7) is 2.82. The van der Waals surface area contributed by atoms with Crippen molar-refractivity contribution in [1.29, 1.82) is 15.8 Å². The lowest BCUT2D eigenvalue weighted by molar-refractivity contribution is -0.152. The number of esters is 1. The van der Waals surface area contributed by atoms with Crippen LogP contribution in [0.25, 0.3) is 0 Å². The van der Waals surface area contributed by atoms with Crippen molar-refractivity contribution in [3.05, 3.63) is 46.1 Å². The van der Waals surface area contributed by atoms with Crippen LogP contribution in [0.2, 0.25) is 5.02 Å². The van der Waals surface area contributed by atoms with Crippen molar-refractivity contribution in [1.82, 2.24) is 0 Å². The van der Waals surface area contributed by atoms with Crippen LogP contribution in [-0.2, 0) is 14.3 Å². The molecule has 0 radical (unpaired) electrons. The highest BCUT2D eigenvalue weighted by Gasteiger charge is 2.41. The Morgan fingerprint density at radius 3 is 2.33 bits per heavy atom. The summed E-state index contributed by atoms with van der Waals surface area (Å²) in [6, 6.07) is 11.4. The van der Waals surface area contributed by atoms with E-state index in [9.17, 15) is 14.9 Å². The van der Waals surface area contributed by atoms with Crippen molar-refractivity contribution in [3.8, 4) is 18.2 Å². The Labute approximate surface area is 162 Å². The zero-order valence-electron chi connectivity index (χ0n) is 14.8. The van der Waals surface area contributed by atoms with Crippen molar-refractivity contribution in [3.63, 3.8) is 0 Å². The number of hydrogen-bond acceptors (Lipinski definition) is 7. The predicted octanol–water partition coefficient (Wildman–Crippen LogP) is 2.59.